The Morgan fingerprint density at radius 1 is 0.846 bits per heavy atom. The molecular formula is C35H40N2O2. The van der Waals surface area contributed by atoms with Gasteiger partial charge in [-0.15, -0.1) is 0 Å². The topological polar surface area (TPSA) is 49.4 Å². The summed E-state index contributed by atoms with van der Waals surface area (Å²) in [6, 6.07) is 23.2. The van der Waals surface area contributed by atoms with Crippen LogP contribution in [0.15, 0.2) is 66.7 Å². The van der Waals surface area contributed by atoms with E-state index >= 15 is 0 Å². The molecule has 0 unspecified atom stereocenters. The van der Waals surface area contributed by atoms with E-state index in [4.69, 9.17) is 0 Å². The molecule has 4 nitrogen and oxygen atoms in total. The summed E-state index contributed by atoms with van der Waals surface area (Å²) in [6.07, 6.45) is 6.80. The van der Waals surface area contributed by atoms with Crippen LogP contribution in [-0.4, -0.2) is 28.3 Å². The predicted octanol–water partition coefficient (Wildman–Crippen LogP) is 6.74. The molecule has 0 heterocycles. The third-order valence-corrected chi connectivity index (χ3v) is 9.46. The van der Waals surface area contributed by atoms with Crippen molar-refractivity contribution in [3.05, 3.63) is 100 Å². The maximum absolute atomic E-state index is 14.6. The zero-order valence-corrected chi connectivity index (χ0v) is 23.5. The van der Waals surface area contributed by atoms with Crippen molar-refractivity contribution < 1.29 is 9.59 Å². The highest BCUT2D eigenvalue weighted by Crippen LogP contribution is 2.49. The summed E-state index contributed by atoms with van der Waals surface area (Å²) in [7, 11) is 0. The molecule has 0 spiro atoms. The van der Waals surface area contributed by atoms with Crippen LogP contribution in [0.3, 0.4) is 0 Å². The monoisotopic (exact) mass is 520 g/mol. The fourth-order valence-corrected chi connectivity index (χ4v) is 7.51. The number of hydrogen-bond donors (Lipinski definition) is 1. The Balaban J connectivity index is 1.37. The van der Waals surface area contributed by atoms with Crippen LogP contribution < -0.4 is 5.32 Å². The van der Waals surface area contributed by atoms with Crippen molar-refractivity contribution in [3.8, 4) is 0 Å². The third kappa shape index (κ3) is 5.02. The number of nitrogens with zero attached hydrogens (tertiary/aromatic N) is 1. The van der Waals surface area contributed by atoms with E-state index in [0.717, 1.165) is 67.3 Å². The Bertz CT molecular complexity index is 1370. The fraction of sp³-hybridized carbons (Fsp3) is 0.429. The van der Waals surface area contributed by atoms with Gasteiger partial charge < -0.3 is 10.2 Å². The van der Waals surface area contributed by atoms with Crippen molar-refractivity contribution in [3.63, 3.8) is 0 Å². The van der Waals surface area contributed by atoms with E-state index in [0.29, 0.717) is 18.3 Å². The van der Waals surface area contributed by atoms with E-state index in [1.54, 1.807) is 0 Å². The zero-order chi connectivity index (χ0) is 27.1. The molecule has 4 heteroatoms. The first kappa shape index (κ1) is 25.9. The fourth-order valence-electron chi connectivity index (χ4n) is 7.51. The highest BCUT2D eigenvalue weighted by molar-refractivity contribution is 6.02. The van der Waals surface area contributed by atoms with Gasteiger partial charge in [-0.2, -0.15) is 0 Å². The number of carbonyl (C=O) groups is 2. The number of rotatable bonds is 6. The lowest BCUT2D eigenvalue weighted by Crippen LogP contribution is -2.63. The molecule has 3 aromatic carbocycles. The number of aryl methyl sites for hydroxylation is 3. The van der Waals surface area contributed by atoms with Crippen LogP contribution in [0.4, 0.5) is 5.69 Å². The molecule has 3 aromatic rings. The van der Waals surface area contributed by atoms with Crippen molar-refractivity contribution in [1.82, 2.24) is 4.90 Å². The van der Waals surface area contributed by atoms with E-state index in [1.807, 2.05) is 30.3 Å². The van der Waals surface area contributed by atoms with Crippen LogP contribution in [0.2, 0.25) is 0 Å². The summed E-state index contributed by atoms with van der Waals surface area (Å²) in [5.41, 5.74) is 7.28. The minimum Gasteiger partial charge on any atom is -0.325 e. The number of carbonyl (C=O) groups excluding carboxylic acids is 2. The average Bonchev–Trinajstić information content (AvgIpc) is 3.75. The molecule has 2 saturated carbocycles. The van der Waals surface area contributed by atoms with Crippen LogP contribution in [0.5, 0.6) is 0 Å². The van der Waals surface area contributed by atoms with Gasteiger partial charge in [0.25, 0.3) is 0 Å². The molecule has 0 aliphatic heterocycles. The van der Waals surface area contributed by atoms with E-state index in [9.17, 15) is 9.59 Å². The lowest BCUT2D eigenvalue weighted by atomic mass is 9.62. The number of anilines is 1. The molecular weight excluding hydrogens is 480 g/mol. The summed E-state index contributed by atoms with van der Waals surface area (Å²) in [5, 5.41) is 3.38. The molecule has 0 bridgehead atoms. The van der Waals surface area contributed by atoms with Gasteiger partial charge in [-0.1, -0.05) is 72.3 Å². The van der Waals surface area contributed by atoms with E-state index in [-0.39, 0.29) is 17.9 Å². The minimum absolute atomic E-state index is 0.00294. The van der Waals surface area contributed by atoms with Gasteiger partial charge >= 0.3 is 0 Å². The van der Waals surface area contributed by atoms with Gasteiger partial charge in [0.05, 0.1) is 6.42 Å². The molecule has 0 aromatic heterocycles. The first-order valence-corrected chi connectivity index (χ1v) is 14.7. The lowest BCUT2D eigenvalue weighted by Gasteiger charge is -2.51. The van der Waals surface area contributed by atoms with Gasteiger partial charge in [-0.3, -0.25) is 9.59 Å². The van der Waals surface area contributed by atoms with Gasteiger partial charge in [0.2, 0.25) is 11.8 Å². The minimum atomic E-state index is -0.829. The highest BCUT2D eigenvalue weighted by Gasteiger charge is 2.55. The lowest BCUT2D eigenvalue weighted by molar-refractivity contribution is -0.150. The van der Waals surface area contributed by atoms with Gasteiger partial charge in [-0.25, -0.2) is 0 Å². The van der Waals surface area contributed by atoms with Crippen molar-refractivity contribution in [2.45, 2.75) is 83.7 Å². The number of fused-ring (bicyclic) bond motifs is 2. The molecule has 2 amide bonds. The summed E-state index contributed by atoms with van der Waals surface area (Å²) in [5.74, 6) is 1.05. The van der Waals surface area contributed by atoms with Crippen molar-refractivity contribution in [1.29, 1.82) is 0 Å². The van der Waals surface area contributed by atoms with E-state index in [1.165, 1.54) is 16.7 Å². The number of nitrogens with one attached hydrogen (secondary N) is 1. The Morgan fingerprint density at radius 3 is 2.10 bits per heavy atom. The molecule has 6 rings (SSSR count). The van der Waals surface area contributed by atoms with Gasteiger partial charge in [-0.05, 0) is 105 Å². The smallest absolute Gasteiger partial charge is 0.250 e. The van der Waals surface area contributed by atoms with Crippen LogP contribution in [0.1, 0.15) is 65.5 Å². The SMILES string of the molecule is Cc1cc(C)c(NC(=O)[C@]2(N(C(=O)Cc3ccccc3)C3CC3)CC[C@H]3Cc4ccccc4C[C@@H]3C2)c(C)c1. The quantitative estimate of drug-likeness (QED) is 0.391. The van der Waals surface area contributed by atoms with Crippen molar-refractivity contribution >= 4 is 17.5 Å². The molecule has 2 fully saturated rings. The Morgan fingerprint density at radius 2 is 1.46 bits per heavy atom. The van der Waals surface area contributed by atoms with Crippen LogP contribution in [-0.2, 0) is 28.9 Å². The summed E-state index contributed by atoms with van der Waals surface area (Å²) < 4.78 is 0. The van der Waals surface area contributed by atoms with E-state index in [2.05, 4.69) is 67.4 Å². The maximum Gasteiger partial charge on any atom is 0.250 e. The average molecular weight is 521 g/mol. The number of amides is 2. The highest BCUT2D eigenvalue weighted by atomic mass is 16.2. The zero-order valence-electron chi connectivity index (χ0n) is 23.5. The molecule has 39 heavy (non-hydrogen) atoms. The molecule has 0 radical (unpaired) electrons. The van der Waals surface area contributed by atoms with Crippen molar-refractivity contribution in [2.75, 3.05) is 5.32 Å². The second-order valence-corrected chi connectivity index (χ2v) is 12.4. The van der Waals surface area contributed by atoms with Gasteiger partial charge in [0.15, 0.2) is 0 Å². The van der Waals surface area contributed by atoms with Crippen LogP contribution in [0, 0.1) is 32.6 Å². The normalized spacial score (nSPS) is 23.9. The standard InChI is InChI=1S/C35H40N2O2/c1-23-17-24(2)33(25(3)18-23)36-34(39)35(37(31-13-14-31)32(38)19-26-9-5-4-6-10-26)16-15-29-20-27-11-7-8-12-28(27)21-30(29)22-35/h4-12,17-18,29-31H,13-16,19-22H2,1-3H3,(H,36,39)/t29-,30+,35-/m0/s1. The molecule has 3 aliphatic carbocycles. The molecule has 1 N–H and O–H groups in total. The number of benzene rings is 3. The summed E-state index contributed by atoms with van der Waals surface area (Å²) in [6.45, 7) is 6.22. The maximum atomic E-state index is 14.6. The molecule has 3 atom stereocenters. The van der Waals surface area contributed by atoms with E-state index < -0.39 is 5.54 Å². The number of hydrogen-bond acceptors (Lipinski definition) is 2. The predicted molar refractivity (Wildman–Crippen MR) is 157 cm³/mol. The second-order valence-electron chi connectivity index (χ2n) is 12.4. The first-order chi connectivity index (χ1) is 18.8. The molecule has 202 valence electrons. The Hall–Kier alpha value is -3.40. The molecule has 0 saturated heterocycles. The van der Waals surface area contributed by atoms with Gasteiger partial charge in [0.1, 0.15) is 5.54 Å². The molecule has 3 aliphatic rings. The van der Waals surface area contributed by atoms with Crippen LogP contribution in [0.25, 0.3) is 0 Å². The Labute approximate surface area is 232 Å². The Kier molecular flexibility index (Phi) is 6.82. The second kappa shape index (κ2) is 10.3. The first-order valence-electron chi connectivity index (χ1n) is 14.7. The summed E-state index contributed by atoms with van der Waals surface area (Å²) >= 11 is 0. The van der Waals surface area contributed by atoms with Crippen molar-refractivity contribution in [2.24, 2.45) is 11.8 Å². The van der Waals surface area contributed by atoms with Crippen LogP contribution >= 0.6 is 0 Å². The third-order valence-electron chi connectivity index (χ3n) is 9.46. The summed E-state index contributed by atoms with van der Waals surface area (Å²) in [4.78, 5) is 30.8. The largest absolute Gasteiger partial charge is 0.325 e. The van der Waals surface area contributed by atoms with Gasteiger partial charge in [0, 0.05) is 11.7 Å².